The van der Waals surface area contributed by atoms with Crippen molar-refractivity contribution in [2.24, 2.45) is 5.92 Å². The largest absolute Gasteiger partial charge is 0.337 e. The van der Waals surface area contributed by atoms with Gasteiger partial charge in [-0.1, -0.05) is 19.0 Å². The zero-order valence-electron chi connectivity index (χ0n) is 15.6. The Hall–Kier alpha value is -1.48. The lowest BCUT2D eigenvalue weighted by Crippen LogP contribution is -2.41. The Morgan fingerprint density at radius 1 is 1.32 bits per heavy atom. The smallest absolute Gasteiger partial charge is 0.249 e. The monoisotopic (exact) mass is 372 g/mol. The Morgan fingerprint density at radius 2 is 2.00 bits per heavy atom. The molecule has 1 aromatic rings. The molecule has 9 heteroatoms. The highest BCUT2D eigenvalue weighted by molar-refractivity contribution is 7.88. The second kappa shape index (κ2) is 7.41. The van der Waals surface area contributed by atoms with Crippen LogP contribution in [0.2, 0.25) is 0 Å². The number of hydrogen-bond donors (Lipinski definition) is 1. The van der Waals surface area contributed by atoms with Crippen molar-refractivity contribution in [2.45, 2.75) is 65.0 Å². The van der Waals surface area contributed by atoms with Crippen LogP contribution in [0.15, 0.2) is 4.52 Å². The van der Waals surface area contributed by atoms with Crippen LogP contribution < -0.4 is 4.72 Å². The molecule has 0 radical (unpaired) electrons. The number of carbonyl (C=O) groups is 1. The maximum Gasteiger partial charge on any atom is 0.249 e. The molecule has 2 rings (SSSR count). The average molecular weight is 372 g/mol. The van der Waals surface area contributed by atoms with Gasteiger partial charge in [-0.15, -0.1) is 0 Å². The van der Waals surface area contributed by atoms with Crippen LogP contribution in [0.3, 0.4) is 0 Å². The number of piperidine rings is 1. The molecule has 0 spiro atoms. The van der Waals surface area contributed by atoms with E-state index in [4.69, 9.17) is 4.52 Å². The van der Waals surface area contributed by atoms with Gasteiger partial charge in [0.05, 0.1) is 11.8 Å². The van der Waals surface area contributed by atoms with E-state index in [0.717, 1.165) is 19.1 Å². The number of carbonyl (C=O) groups excluding carboxylic acids is 1. The van der Waals surface area contributed by atoms with Gasteiger partial charge >= 0.3 is 0 Å². The molecule has 8 nitrogen and oxygen atoms in total. The van der Waals surface area contributed by atoms with E-state index >= 15 is 0 Å². The SMILES string of the molecule is CC(C)CC(c1nc(C(C)(C)NS(C)(=O)=O)no1)N1CCCCC1=O. The maximum atomic E-state index is 12.3. The molecule has 2 heterocycles. The van der Waals surface area contributed by atoms with E-state index in [1.807, 2.05) is 4.90 Å². The van der Waals surface area contributed by atoms with Crippen molar-refractivity contribution in [1.29, 1.82) is 0 Å². The third-order valence-electron chi connectivity index (χ3n) is 4.16. The van der Waals surface area contributed by atoms with Gasteiger partial charge in [-0.05, 0) is 39.0 Å². The van der Waals surface area contributed by atoms with Crippen molar-refractivity contribution >= 4 is 15.9 Å². The summed E-state index contributed by atoms with van der Waals surface area (Å²) in [4.78, 5) is 18.6. The van der Waals surface area contributed by atoms with Crippen LogP contribution in [-0.2, 0) is 20.4 Å². The van der Waals surface area contributed by atoms with Gasteiger partial charge < -0.3 is 9.42 Å². The molecule has 0 saturated carbocycles. The number of aromatic nitrogens is 2. The van der Waals surface area contributed by atoms with Gasteiger partial charge in [-0.25, -0.2) is 13.1 Å². The summed E-state index contributed by atoms with van der Waals surface area (Å²) in [5.74, 6) is 1.07. The van der Waals surface area contributed by atoms with Gasteiger partial charge in [0, 0.05) is 13.0 Å². The van der Waals surface area contributed by atoms with Gasteiger partial charge in [0.25, 0.3) is 0 Å². The molecule has 1 saturated heterocycles. The zero-order valence-corrected chi connectivity index (χ0v) is 16.4. The van der Waals surface area contributed by atoms with Crippen molar-refractivity contribution in [3.8, 4) is 0 Å². The average Bonchev–Trinajstić information content (AvgIpc) is 2.93. The van der Waals surface area contributed by atoms with Crippen LogP contribution in [0, 0.1) is 5.92 Å². The summed E-state index contributed by atoms with van der Waals surface area (Å²) in [6.45, 7) is 8.18. The fraction of sp³-hybridized carbons (Fsp3) is 0.812. The second-order valence-electron chi connectivity index (χ2n) is 7.65. The van der Waals surface area contributed by atoms with Gasteiger partial charge in [-0.2, -0.15) is 4.98 Å². The summed E-state index contributed by atoms with van der Waals surface area (Å²) in [7, 11) is -3.43. The van der Waals surface area contributed by atoms with Crippen LogP contribution in [0.4, 0.5) is 0 Å². The fourth-order valence-corrected chi connectivity index (χ4v) is 4.12. The third kappa shape index (κ3) is 5.24. The molecule has 1 fully saturated rings. The number of amides is 1. The molecule has 0 aliphatic carbocycles. The van der Waals surface area contributed by atoms with Crippen LogP contribution >= 0.6 is 0 Å². The summed E-state index contributed by atoms with van der Waals surface area (Å²) < 4.78 is 31.0. The first kappa shape index (κ1) is 19.8. The van der Waals surface area contributed by atoms with E-state index in [1.54, 1.807) is 13.8 Å². The molecule has 0 bridgehead atoms. The molecule has 0 aromatic carbocycles. The lowest BCUT2D eigenvalue weighted by Gasteiger charge is -2.33. The topological polar surface area (TPSA) is 105 Å². The zero-order chi connectivity index (χ0) is 18.8. The highest BCUT2D eigenvalue weighted by Gasteiger charge is 2.35. The molecule has 25 heavy (non-hydrogen) atoms. The van der Waals surface area contributed by atoms with Crippen molar-refractivity contribution in [3.63, 3.8) is 0 Å². The first-order valence-electron chi connectivity index (χ1n) is 8.62. The Balaban J connectivity index is 2.30. The van der Waals surface area contributed by atoms with Gasteiger partial charge in [-0.3, -0.25) is 4.79 Å². The Bertz CT molecular complexity index is 711. The molecular formula is C16H28N4O4S. The first-order chi connectivity index (χ1) is 11.5. The van der Waals surface area contributed by atoms with E-state index in [9.17, 15) is 13.2 Å². The van der Waals surface area contributed by atoms with Crippen molar-refractivity contribution in [1.82, 2.24) is 19.8 Å². The second-order valence-corrected chi connectivity index (χ2v) is 9.39. The Labute approximate surface area is 149 Å². The Kier molecular flexibility index (Phi) is 5.88. The molecule has 1 N–H and O–H groups in total. The predicted molar refractivity (Wildman–Crippen MR) is 93.1 cm³/mol. The highest BCUT2D eigenvalue weighted by atomic mass is 32.2. The lowest BCUT2D eigenvalue weighted by molar-refractivity contribution is -0.137. The number of likely N-dealkylation sites (tertiary alicyclic amines) is 1. The van der Waals surface area contributed by atoms with Crippen molar-refractivity contribution < 1.29 is 17.7 Å². The molecule has 1 aliphatic heterocycles. The molecule has 1 unspecified atom stereocenters. The Morgan fingerprint density at radius 3 is 2.56 bits per heavy atom. The van der Waals surface area contributed by atoms with E-state index < -0.39 is 15.6 Å². The van der Waals surface area contributed by atoms with Crippen molar-refractivity contribution in [2.75, 3.05) is 12.8 Å². The number of nitrogens with one attached hydrogen (secondary N) is 1. The van der Waals surface area contributed by atoms with Crippen LogP contribution in [-0.4, -0.2) is 42.2 Å². The molecule has 1 aromatic heterocycles. The molecule has 1 atom stereocenters. The van der Waals surface area contributed by atoms with Crippen LogP contribution in [0.5, 0.6) is 0 Å². The summed E-state index contributed by atoms with van der Waals surface area (Å²) in [5.41, 5.74) is -0.996. The normalized spacial score (nSPS) is 18.0. The van der Waals surface area contributed by atoms with Gasteiger partial charge in [0.2, 0.25) is 21.8 Å². The highest BCUT2D eigenvalue weighted by Crippen LogP contribution is 2.31. The quantitative estimate of drug-likeness (QED) is 0.784. The summed E-state index contributed by atoms with van der Waals surface area (Å²) >= 11 is 0. The van der Waals surface area contributed by atoms with E-state index in [1.165, 1.54) is 0 Å². The van der Waals surface area contributed by atoms with Crippen LogP contribution in [0.25, 0.3) is 0 Å². The molecular weight excluding hydrogens is 344 g/mol. The number of nitrogens with zero attached hydrogens (tertiary/aromatic N) is 3. The minimum atomic E-state index is -3.43. The third-order valence-corrected chi connectivity index (χ3v) is 5.04. The minimum absolute atomic E-state index is 0.102. The van der Waals surface area contributed by atoms with E-state index in [0.29, 0.717) is 31.2 Å². The summed E-state index contributed by atoms with van der Waals surface area (Å²) in [5, 5.41) is 3.97. The number of rotatable bonds is 7. The summed E-state index contributed by atoms with van der Waals surface area (Å²) in [6, 6.07) is -0.275. The van der Waals surface area contributed by atoms with E-state index in [-0.39, 0.29) is 17.8 Å². The standard InChI is InChI=1S/C16H28N4O4S/c1-11(2)10-12(20-9-7-6-8-13(20)21)14-17-15(18-24-14)16(3,4)19-25(5,22)23/h11-12,19H,6-10H2,1-5H3. The maximum absolute atomic E-state index is 12.3. The first-order valence-corrected chi connectivity index (χ1v) is 10.5. The van der Waals surface area contributed by atoms with Crippen LogP contribution in [0.1, 0.15) is 71.1 Å². The van der Waals surface area contributed by atoms with Gasteiger partial charge in [0.1, 0.15) is 6.04 Å². The molecule has 142 valence electrons. The van der Waals surface area contributed by atoms with Crippen molar-refractivity contribution in [3.05, 3.63) is 11.7 Å². The minimum Gasteiger partial charge on any atom is -0.337 e. The molecule has 1 amide bonds. The number of sulfonamides is 1. The fourth-order valence-electron chi connectivity index (χ4n) is 3.10. The predicted octanol–water partition coefficient (Wildman–Crippen LogP) is 1.95. The lowest BCUT2D eigenvalue weighted by atomic mass is 9.99. The summed E-state index contributed by atoms with van der Waals surface area (Å²) in [6.07, 6.45) is 4.21. The van der Waals surface area contributed by atoms with E-state index in [2.05, 4.69) is 28.7 Å². The van der Waals surface area contributed by atoms with Gasteiger partial charge in [0.15, 0.2) is 5.82 Å². The number of hydrogen-bond acceptors (Lipinski definition) is 6. The molecule has 1 aliphatic rings.